The monoisotopic (exact) mass is 230 g/mol. The molecular formula is C14H18N2O. The fraction of sp³-hybridized carbons (Fsp3) is 0.214. The fourth-order valence-corrected chi connectivity index (χ4v) is 1.30. The second-order valence-corrected chi connectivity index (χ2v) is 3.92. The highest BCUT2D eigenvalue weighted by atomic mass is 16.2. The van der Waals surface area contributed by atoms with Crippen LogP contribution >= 0.6 is 0 Å². The lowest BCUT2D eigenvalue weighted by Crippen LogP contribution is -2.33. The molecule has 1 rings (SSSR count). The van der Waals surface area contributed by atoms with Gasteiger partial charge in [-0.1, -0.05) is 37.0 Å². The normalized spacial score (nSPS) is 14.3. The van der Waals surface area contributed by atoms with Gasteiger partial charge in [-0.2, -0.15) is 0 Å². The topological polar surface area (TPSA) is 41.1 Å². The molecule has 0 bridgehead atoms. The Morgan fingerprint density at radius 2 is 2.12 bits per heavy atom. The van der Waals surface area contributed by atoms with Crippen molar-refractivity contribution >= 4 is 6.03 Å². The number of rotatable bonds is 4. The highest BCUT2D eigenvalue weighted by molar-refractivity contribution is 5.78. The van der Waals surface area contributed by atoms with E-state index in [0.29, 0.717) is 5.70 Å². The molecule has 2 N–H and O–H groups in total. The number of allylic oxidation sites excluding steroid dienone is 6. The predicted octanol–water partition coefficient (Wildman–Crippen LogP) is 3.17. The maximum atomic E-state index is 11.6. The van der Waals surface area contributed by atoms with Crippen LogP contribution in [-0.4, -0.2) is 6.03 Å². The molecule has 17 heavy (non-hydrogen) atoms. The van der Waals surface area contributed by atoms with Crippen LogP contribution in [0.4, 0.5) is 4.79 Å². The summed E-state index contributed by atoms with van der Waals surface area (Å²) in [5.41, 5.74) is 2.27. The Morgan fingerprint density at radius 1 is 1.35 bits per heavy atom. The summed E-state index contributed by atoms with van der Waals surface area (Å²) in [6, 6.07) is -0.279. The zero-order valence-corrected chi connectivity index (χ0v) is 10.1. The van der Waals surface area contributed by atoms with Gasteiger partial charge >= 0.3 is 6.03 Å². The molecule has 90 valence electrons. The molecule has 0 spiro atoms. The van der Waals surface area contributed by atoms with Gasteiger partial charge in [0, 0.05) is 11.4 Å². The van der Waals surface area contributed by atoms with Crippen LogP contribution in [0.2, 0.25) is 0 Å². The molecule has 3 heteroatoms. The first-order valence-corrected chi connectivity index (χ1v) is 5.55. The first kappa shape index (κ1) is 13.0. The molecular weight excluding hydrogens is 212 g/mol. The van der Waals surface area contributed by atoms with Crippen LogP contribution in [0, 0.1) is 0 Å². The number of carbonyl (C=O) groups excluding carboxylic acids is 1. The number of nitrogens with one attached hydrogen (secondary N) is 2. The molecule has 3 nitrogen and oxygen atoms in total. The van der Waals surface area contributed by atoms with E-state index >= 15 is 0 Å². The molecule has 0 saturated heterocycles. The summed E-state index contributed by atoms with van der Waals surface area (Å²) in [6.45, 7) is 9.32. The van der Waals surface area contributed by atoms with Crippen molar-refractivity contribution in [3.8, 4) is 0 Å². The highest BCUT2D eigenvalue weighted by Gasteiger charge is 2.03. The first-order valence-electron chi connectivity index (χ1n) is 5.55. The van der Waals surface area contributed by atoms with Crippen LogP contribution in [0.3, 0.4) is 0 Å². The average Bonchev–Trinajstić information content (AvgIpc) is 2.27. The van der Waals surface area contributed by atoms with Crippen LogP contribution in [-0.2, 0) is 0 Å². The van der Waals surface area contributed by atoms with E-state index in [4.69, 9.17) is 0 Å². The number of carbonyl (C=O) groups is 1. The maximum Gasteiger partial charge on any atom is 0.323 e. The second kappa shape index (κ2) is 6.53. The zero-order chi connectivity index (χ0) is 12.7. The van der Waals surface area contributed by atoms with Gasteiger partial charge in [0.1, 0.15) is 0 Å². The summed E-state index contributed by atoms with van der Waals surface area (Å²) in [6.07, 6.45) is 11.4. The number of hydrogen-bond acceptors (Lipinski definition) is 1. The fourth-order valence-electron chi connectivity index (χ4n) is 1.30. The first-order chi connectivity index (χ1) is 8.08. The van der Waals surface area contributed by atoms with Gasteiger partial charge < -0.3 is 10.6 Å². The van der Waals surface area contributed by atoms with Crippen molar-refractivity contribution in [1.82, 2.24) is 10.6 Å². The summed E-state index contributed by atoms with van der Waals surface area (Å²) >= 11 is 0. The Balaban J connectivity index is 2.39. The molecule has 1 aliphatic rings. The summed E-state index contributed by atoms with van der Waals surface area (Å²) in [5.74, 6) is 0. The largest absolute Gasteiger partial charge is 0.323 e. The van der Waals surface area contributed by atoms with Crippen molar-refractivity contribution in [1.29, 1.82) is 0 Å². The van der Waals surface area contributed by atoms with Crippen molar-refractivity contribution in [3.05, 3.63) is 60.5 Å². The van der Waals surface area contributed by atoms with Crippen LogP contribution in [0.25, 0.3) is 0 Å². The third kappa shape index (κ3) is 5.56. The Morgan fingerprint density at radius 3 is 2.71 bits per heavy atom. The Kier molecular flexibility index (Phi) is 5.01. The Labute approximate surface area is 102 Å². The molecule has 0 saturated carbocycles. The quantitative estimate of drug-likeness (QED) is 0.716. The molecule has 2 amide bonds. The maximum absolute atomic E-state index is 11.6. The SMILES string of the molecule is C=C(C)/C=C\C(=C)NC(=O)NC1=CCCC=C1. The van der Waals surface area contributed by atoms with E-state index in [0.717, 1.165) is 24.1 Å². The van der Waals surface area contributed by atoms with E-state index in [2.05, 4.69) is 23.8 Å². The number of amides is 2. The Bertz CT molecular complexity index is 414. The highest BCUT2D eigenvalue weighted by Crippen LogP contribution is 2.06. The molecule has 0 fully saturated rings. The summed E-state index contributed by atoms with van der Waals surface area (Å²) in [7, 11) is 0. The molecule has 0 heterocycles. The van der Waals surface area contributed by atoms with Gasteiger partial charge in [0.2, 0.25) is 0 Å². The molecule has 0 aromatic carbocycles. The molecule has 0 radical (unpaired) electrons. The molecule has 0 aliphatic heterocycles. The van der Waals surface area contributed by atoms with E-state index in [9.17, 15) is 4.79 Å². The predicted molar refractivity (Wildman–Crippen MR) is 71.2 cm³/mol. The van der Waals surface area contributed by atoms with Gasteiger partial charge in [0.15, 0.2) is 0 Å². The lowest BCUT2D eigenvalue weighted by molar-refractivity contribution is 0.246. The standard InChI is InChI=1S/C14H18N2O/c1-11(2)9-10-12(3)15-14(17)16-13-7-5-4-6-8-13/h5,7-10H,1,3-4,6H2,2H3,(H2,15,16,17)/b10-9-. The lowest BCUT2D eigenvalue weighted by Gasteiger charge is -2.10. The third-order valence-corrected chi connectivity index (χ3v) is 2.10. The van der Waals surface area contributed by atoms with Crippen molar-refractivity contribution in [2.75, 3.05) is 0 Å². The van der Waals surface area contributed by atoms with Crippen molar-refractivity contribution in [2.45, 2.75) is 19.8 Å². The van der Waals surface area contributed by atoms with Crippen molar-refractivity contribution in [3.63, 3.8) is 0 Å². The lowest BCUT2D eigenvalue weighted by atomic mass is 10.1. The molecule has 0 unspecified atom stereocenters. The molecule has 0 atom stereocenters. The van der Waals surface area contributed by atoms with E-state index in [1.807, 2.05) is 25.2 Å². The van der Waals surface area contributed by atoms with Gasteiger partial charge in [-0.3, -0.25) is 0 Å². The minimum Gasteiger partial charge on any atom is -0.308 e. The molecule has 1 aliphatic carbocycles. The minimum absolute atomic E-state index is 0.279. The van der Waals surface area contributed by atoms with Gasteiger partial charge in [-0.15, -0.1) is 0 Å². The summed E-state index contributed by atoms with van der Waals surface area (Å²) in [5, 5.41) is 5.38. The van der Waals surface area contributed by atoms with Crippen LogP contribution in [0.5, 0.6) is 0 Å². The minimum atomic E-state index is -0.279. The Hall–Kier alpha value is -2.03. The second-order valence-electron chi connectivity index (χ2n) is 3.92. The summed E-state index contributed by atoms with van der Waals surface area (Å²) in [4.78, 5) is 11.6. The van der Waals surface area contributed by atoms with Crippen molar-refractivity contribution in [2.24, 2.45) is 0 Å². The van der Waals surface area contributed by atoms with Gasteiger partial charge in [0.25, 0.3) is 0 Å². The average molecular weight is 230 g/mol. The van der Waals surface area contributed by atoms with Crippen molar-refractivity contribution < 1.29 is 4.79 Å². The van der Waals surface area contributed by atoms with Gasteiger partial charge in [-0.25, -0.2) is 4.79 Å². The van der Waals surface area contributed by atoms with Crippen LogP contribution in [0.1, 0.15) is 19.8 Å². The van der Waals surface area contributed by atoms with Gasteiger partial charge in [0.05, 0.1) is 0 Å². The number of urea groups is 1. The summed E-state index contributed by atoms with van der Waals surface area (Å²) < 4.78 is 0. The van der Waals surface area contributed by atoms with E-state index in [-0.39, 0.29) is 6.03 Å². The number of hydrogen-bond donors (Lipinski definition) is 2. The van der Waals surface area contributed by atoms with Crippen LogP contribution < -0.4 is 10.6 Å². The van der Waals surface area contributed by atoms with Gasteiger partial charge in [-0.05, 0) is 31.9 Å². The van der Waals surface area contributed by atoms with E-state index in [1.165, 1.54) is 0 Å². The smallest absolute Gasteiger partial charge is 0.308 e. The molecule has 0 aromatic rings. The third-order valence-electron chi connectivity index (χ3n) is 2.10. The molecule has 0 aromatic heterocycles. The van der Waals surface area contributed by atoms with E-state index in [1.54, 1.807) is 12.2 Å². The zero-order valence-electron chi connectivity index (χ0n) is 10.1. The van der Waals surface area contributed by atoms with E-state index < -0.39 is 0 Å². The van der Waals surface area contributed by atoms with Crippen LogP contribution in [0.15, 0.2) is 60.5 Å².